The van der Waals surface area contributed by atoms with Gasteiger partial charge in [0.2, 0.25) is 5.91 Å². The second-order valence-corrected chi connectivity index (χ2v) is 3.96. The summed E-state index contributed by atoms with van der Waals surface area (Å²) in [6.45, 7) is 5.25. The second kappa shape index (κ2) is 4.25. The number of hydrogen-bond acceptors (Lipinski definition) is 4. The molecule has 2 aliphatic rings. The topological polar surface area (TPSA) is 47.0 Å². The van der Waals surface area contributed by atoms with Gasteiger partial charge < -0.3 is 10.1 Å². The van der Waals surface area contributed by atoms with Crippen LogP contribution >= 0.6 is 0 Å². The molecular weight excluding hydrogens is 182 g/mol. The summed E-state index contributed by atoms with van der Waals surface area (Å²) in [5, 5.41) is 10.4. The standard InChI is InChI=1S/C9H17N3O2/c13-9(11-2-1-3-11)8-10-4-6-12(14)7-5-10/h14H,1-8H2. The summed E-state index contributed by atoms with van der Waals surface area (Å²) in [7, 11) is 0. The maximum atomic E-state index is 11.6. The molecule has 0 atom stereocenters. The van der Waals surface area contributed by atoms with Crippen LogP contribution in [0.15, 0.2) is 0 Å². The molecule has 0 saturated carbocycles. The highest BCUT2D eigenvalue weighted by Gasteiger charge is 2.23. The van der Waals surface area contributed by atoms with Crippen LogP contribution < -0.4 is 0 Å². The van der Waals surface area contributed by atoms with Crippen LogP contribution in [0, 0.1) is 0 Å². The maximum Gasteiger partial charge on any atom is 0.236 e. The van der Waals surface area contributed by atoms with Crippen molar-refractivity contribution < 1.29 is 10.0 Å². The van der Waals surface area contributed by atoms with Gasteiger partial charge in [-0.15, -0.1) is 0 Å². The molecule has 2 aliphatic heterocycles. The summed E-state index contributed by atoms with van der Waals surface area (Å²) in [4.78, 5) is 15.6. The normalized spacial score (nSPS) is 24.8. The van der Waals surface area contributed by atoms with E-state index in [1.54, 1.807) is 0 Å². The average Bonchev–Trinajstić information content (AvgIpc) is 2.06. The SMILES string of the molecule is O=C(CN1CCN(O)CC1)N1CCC1. The fourth-order valence-electron chi connectivity index (χ4n) is 1.75. The second-order valence-electron chi connectivity index (χ2n) is 3.96. The van der Waals surface area contributed by atoms with Crippen molar-refractivity contribution in [2.24, 2.45) is 0 Å². The maximum absolute atomic E-state index is 11.6. The fourth-order valence-corrected chi connectivity index (χ4v) is 1.75. The van der Waals surface area contributed by atoms with Gasteiger partial charge in [0.15, 0.2) is 0 Å². The molecule has 14 heavy (non-hydrogen) atoms. The van der Waals surface area contributed by atoms with Gasteiger partial charge in [0.25, 0.3) is 0 Å². The highest BCUT2D eigenvalue weighted by molar-refractivity contribution is 5.78. The van der Waals surface area contributed by atoms with Gasteiger partial charge in [0.05, 0.1) is 6.54 Å². The summed E-state index contributed by atoms with van der Waals surface area (Å²) in [5.41, 5.74) is 0. The highest BCUT2D eigenvalue weighted by Crippen LogP contribution is 2.07. The molecular formula is C9H17N3O2. The Morgan fingerprint density at radius 2 is 1.71 bits per heavy atom. The predicted molar refractivity (Wildman–Crippen MR) is 51.0 cm³/mol. The van der Waals surface area contributed by atoms with Gasteiger partial charge in [-0.2, -0.15) is 5.06 Å². The molecule has 80 valence electrons. The lowest BCUT2D eigenvalue weighted by atomic mass is 10.2. The number of piperazine rings is 1. The summed E-state index contributed by atoms with van der Waals surface area (Å²) >= 11 is 0. The Morgan fingerprint density at radius 1 is 1.07 bits per heavy atom. The number of carbonyl (C=O) groups excluding carboxylic acids is 1. The van der Waals surface area contributed by atoms with E-state index in [1.165, 1.54) is 5.06 Å². The molecule has 0 aromatic carbocycles. The molecule has 0 unspecified atom stereocenters. The molecule has 0 radical (unpaired) electrons. The van der Waals surface area contributed by atoms with Crippen molar-refractivity contribution >= 4 is 5.91 Å². The lowest BCUT2D eigenvalue weighted by molar-refractivity contribution is -0.141. The van der Waals surface area contributed by atoms with E-state index < -0.39 is 0 Å². The van der Waals surface area contributed by atoms with Gasteiger partial charge in [0.1, 0.15) is 0 Å². The van der Waals surface area contributed by atoms with E-state index in [-0.39, 0.29) is 5.91 Å². The van der Waals surface area contributed by atoms with Gasteiger partial charge in [-0.05, 0) is 6.42 Å². The lowest BCUT2D eigenvalue weighted by Crippen LogP contribution is -2.51. The van der Waals surface area contributed by atoms with Crippen LogP contribution in [0.1, 0.15) is 6.42 Å². The molecule has 1 amide bonds. The molecule has 2 heterocycles. The van der Waals surface area contributed by atoms with Crippen molar-refractivity contribution in [3.05, 3.63) is 0 Å². The summed E-state index contributed by atoms with van der Waals surface area (Å²) < 4.78 is 0. The number of amides is 1. The largest absolute Gasteiger partial charge is 0.341 e. The Morgan fingerprint density at radius 3 is 2.21 bits per heavy atom. The van der Waals surface area contributed by atoms with Crippen LogP contribution in [-0.2, 0) is 4.79 Å². The van der Waals surface area contributed by atoms with Crippen LogP contribution in [-0.4, -0.2) is 71.8 Å². The minimum Gasteiger partial charge on any atom is -0.341 e. The average molecular weight is 199 g/mol. The third-order valence-electron chi connectivity index (χ3n) is 2.92. The van der Waals surface area contributed by atoms with Crippen molar-refractivity contribution in [2.45, 2.75) is 6.42 Å². The summed E-state index contributed by atoms with van der Waals surface area (Å²) in [6.07, 6.45) is 1.15. The van der Waals surface area contributed by atoms with Gasteiger partial charge in [-0.25, -0.2) is 0 Å². The summed E-state index contributed by atoms with van der Waals surface area (Å²) in [5.74, 6) is 0.239. The van der Waals surface area contributed by atoms with Crippen molar-refractivity contribution in [1.82, 2.24) is 14.9 Å². The number of hydrogen-bond donors (Lipinski definition) is 1. The van der Waals surface area contributed by atoms with E-state index in [9.17, 15) is 4.79 Å². The zero-order valence-corrected chi connectivity index (χ0v) is 8.35. The minimum absolute atomic E-state index is 0.239. The predicted octanol–water partition coefficient (Wildman–Crippen LogP) is -0.774. The van der Waals surface area contributed by atoms with E-state index >= 15 is 0 Å². The van der Waals surface area contributed by atoms with Gasteiger partial charge >= 0.3 is 0 Å². The quantitative estimate of drug-likeness (QED) is 0.634. The molecule has 0 bridgehead atoms. The Labute approximate surface area is 83.8 Å². The number of likely N-dealkylation sites (tertiary alicyclic amines) is 1. The van der Waals surface area contributed by atoms with Crippen LogP contribution in [0.25, 0.3) is 0 Å². The first-order valence-corrected chi connectivity index (χ1v) is 5.19. The molecule has 2 rings (SSSR count). The Bertz CT molecular complexity index is 210. The zero-order valence-electron chi connectivity index (χ0n) is 8.35. The Hall–Kier alpha value is -0.650. The summed E-state index contributed by atoms with van der Waals surface area (Å²) in [6, 6.07) is 0. The fraction of sp³-hybridized carbons (Fsp3) is 0.889. The van der Waals surface area contributed by atoms with Gasteiger partial charge in [-0.1, -0.05) is 0 Å². The molecule has 0 aliphatic carbocycles. The highest BCUT2D eigenvalue weighted by atomic mass is 16.5. The number of hydroxylamine groups is 2. The van der Waals surface area contributed by atoms with Crippen LogP contribution in [0.5, 0.6) is 0 Å². The molecule has 5 nitrogen and oxygen atoms in total. The van der Waals surface area contributed by atoms with Crippen LogP contribution in [0.4, 0.5) is 0 Å². The molecule has 5 heteroatoms. The third-order valence-corrected chi connectivity index (χ3v) is 2.92. The first-order valence-electron chi connectivity index (χ1n) is 5.19. The van der Waals surface area contributed by atoms with E-state index in [0.717, 1.165) is 32.6 Å². The van der Waals surface area contributed by atoms with Crippen LogP contribution in [0.3, 0.4) is 0 Å². The monoisotopic (exact) mass is 199 g/mol. The zero-order chi connectivity index (χ0) is 9.97. The van der Waals surface area contributed by atoms with Crippen molar-refractivity contribution in [3.63, 3.8) is 0 Å². The van der Waals surface area contributed by atoms with Crippen molar-refractivity contribution in [3.8, 4) is 0 Å². The third kappa shape index (κ3) is 2.23. The van der Waals surface area contributed by atoms with Gasteiger partial charge in [0, 0.05) is 39.3 Å². The Balaban J connectivity index is 1.71. The molecule has 1 N–H and O–H groups in total. The molecule has 0 aromatic heterocycles. The molecule has 0 spiro atoms. The van der Waals surface area contributed by atoms with Crippen molar-refractivity contribution in [1.29, 1.82) is 0 Å². The van der Waals surface area contributed by atoms with Crippen LogP contribution in [0.2, 0.25) is 0 Å². The number of rotatable bonds is 2. The number of nitrogens with zero attached hydrogens (tertiary/aromatic N) is 3. The Kier molecular flexibility index (Phi) is 3.00. The van der Waals surface area contributed by atoms with Gasteiger partial charge in [-0.3, -0.25) is 9.69 Å². The molecule has 2 fully saturated rings. The first-order chi connectivity index (χ1) is 6.75. The van der Waals surface area contributed by atoms with E-state index in [2.05, 4.69) is 4.90 Å². The van der Waals surface area contributed by atoms with Crippen molar-refractivity contribution in [2.75, 3.05) is 45.8 Å². The van der Waals surface area contributed by atoms with E-state index in [4.69, 9.17) is 5.21 Å². The lowest BCUT2D eigenvalue weighted by Gasteiger charge is -2.35. The molecule has 0 aromatic rings. The van der Waals surface area contributed by atoms with E-state index in [0.29, 0.717) is 19.6 Å². The smallest absolute Gasteiger partial charge is 0.236 e. The van der Waals surface area contributed by atoms with E-state index in [1.807, 2.05) is 4.90 Å². The molecule has 2 saturated heterocycles. The minimum atomic E-state index is 0.239. The number of carbonyl (C=O) groups is 1. The first kappa shape index (κ1) is 9.89.